The van der Waals surface area contributed by atoms with E-state index >= 15 is 0 Å². The van der Waals surface area contributed by atoms with Crippen molar-refractivity contribution in [3.05, 3.63) is 35.9 Å². The summed E-state index contributed by atoms with van der Waals surface area (Å²) in [7, 11) is 0. The van der Waals surface area contributed by atoms with Crippen LogP contribution in [0.2, 0.25) is 0 Å². The summed E-state index contributed by atoms with van der Waals surface area (Å²) in [5, 5.41) is 0. The second-order valence-electron chi connectivity index (χ2n) is 4.48. The van der Waals surface area contributed by atoms with Crippen LogP contribution >= 0.6 is 0 Å². The first-order valence-electron chi connectivity index (χ1n) is 4.95. The fourth-order valence-corrected chi connectivity index (χ4v) is 2.42. The van der Waals surface area contributed by atoms with Crippen LogP contribution in [0.15, 0.2) is 35.3 Å². The number of epoxide rings is 1. The molecule has 0 N–H and O–H groups in total. The van der Waals surface area contributed by atoms with Gasteiger partial charge in [-0.15, -0.1) is 0 Å². The van der Waals surface area contributed by atoms with Gasteiger partial charge in [-0.1, -0.05) is 30.3 Å². The van der Waals surface area contributed by atoms with Crippen LogP contribution in [0.25, 0.3) is 0 Å². The van der Waals surface area contributed by atoms with E-state index in [1.807, 2.05) is 12.3 Å². The highest BCUT2D eigenvalue weighted by molar-refractivity contribution is 5.75. The second-order valence-corrected chi connectivity index (χ2v) is 4.48. The second kappa shape index (κ2) is 2.26. The maximum atomic E-state index is 5.79. The molecule has 0 spiro atoms. The molecule has 2 aliphatic heterocycles. The molecule has 2 heterocycles. The quantitative estimate of drug-likeness (QED) is 0.618. The van der Waals surface area contributed by atoms with Gasteiger partial charge in [-0.2, -0.15) is 0 Å². The molecular formula is C12H13NO. The van der Waals surface area contributed by atoms with E-state index in [1.54, 1.807) is 0 Å². The van der Waals surface area contributed by atoms with Crippen LogP contribution in [0.3, 0.4) is 0 Å². The molecule has 0 aliphatic carbocycles. The maximum absolute atomic E-state index is 5.79. The Morgan fingerprint density at radius 1 is 1.21 bits per heavy atom. The topological polar surface area (TPSA) is 24.9 Å². The smallest absolute Gasteiger partial charge is 0.150 e. The van der Waals surface area contributed by atoms with Crippen molar-refractivity contribution in [2.24, 2.45) is 4.99 Å². The van der Waals surface area contributed by atoms with Crippen molar-refractivity contribution in [2.45, 2.75) is 31.1 Å². The van der Waals surface area contributed by atoms with Crippen molar-refractivity contribution in [3.63, 3.8) is 0 Å². The van der Waals surface area contributed by atoms with Gasteiger partial charge in [0.1, 0.15) is 11.7 Å². The Morgan fingerprint density at radius 3 is 2.43 bits per heavy atom. The Bertz CT molecular complexity index is 396. The molecule has 1 saturated heterocycles. The van der Waals surface area contributed by atoms with Gasteiger partial charge in [0.05, 0.1) is 5.54 Å². The van der Waals surface area contributed by atoms with E-state index in [9.17, 15) is 0 Å². The van der Waals surface area contributed by atoms with Gasteiger partial charge in [0, 0.05) is 6.21 Å². The van der Waals surface area contributed by atoms with Gasteiger partial charge in [-0.25, -0.2) is 0 Å². The molecular weight excluding hydrogens is 174 g/mol. The number of aliphatic imine (C=N–C) groups is 1. The number of nitrogens with zero attached hydrogens (tertiary/aromatic N) is 1. The summed E-state index contributed by atoms with van der Waals surface area (Å²) in [6.45, 7) is 4.26. The predicted molar refractivity (Wildman–Crippen MR) is 55.6 cm³/mol. The van der Waals surface area contributed by atoms with Crippen LogP contribution in [0.5, 0.6) is 0 Å². The largest absolute Gasteiger partial charge is 0.352 e. The first-order chi connectivity index (χ1) is 6.67. The minimum Gasteiger partial charge on any atom is -0.352 e. The Kier molecular flexibility index (Phi) is 1.32. The summed E-state index contributed by atoms with van der Waals surface area (Å²) in [4.78, 5) is 4.50. The summed E-state index contributed by atoms with van der Waals surface area (Å²) in [5.74, 6) is 0. The number of fused-ring (bicyclic) bond motifs is 1. The molecule has 2 nitrogen and oxygen atoms in total. The highest BCUT2D eigenvalue weighted by Gasteiger charge is 2.69. The van der Waals surface area contributed by atoms with E-state index in [2.05, 4.69) is 43.1 Å². The van der Waals surface area contributed by atoms with Gasteiger partial charge in [-0.05, 0) is 19.4 Å². The van der Waals surface area contributed by atoms with Crippen LogP contribution in [-0.2, 0) is 10.3 Å². The van der Waals surface area contributed by atoms with Gasteiger partial charge in [0.2, 0.25) is 0 Å². The maximum Gasteiger partial charge on any atom is 0.150 e. The van der Waals surface area contributed by atoms with Crippen molar-refractivity contribution in [1.29, 1.82) is 0 Å². The monoisotopic (exact) mass is 187 g/mol. The lowest BCUT2D eigenvalue weighted by atomic mass is 9.82. The van der Waals surface area contributed by atoms with Gasteiger partial charge >= 0.3 is 0 Å². The summed E-state index contributed by atoms with van der Waals surface area (Å²) in [6, 6.07) is 10.4. The molecule has 72 valence electrons. The predicted octanol–water partition coefficient (Wildman–Crippen LogP) is 2.14. The fourth-order valence-electron chi connectivity index (χ4n) is 2.42. The van der Waals surface area contributed by atoms with Gasteiger partial charge in [0.25, 0.3) is 0 Å². The first-order valence-corrected chi connectivity index (χ1v) is 4.95. The zero-order valence-electron chi connectivity index (χ0n) is 8.40. The molecule has 1 aromatic carbocycles. The van der Waals surface area contributed by atoms with Crippen LogP contribution in [0.1, 0.15) is 19.4 Å². The molecule has 2 atom stereocenters. The molecule has 1 fully saturated rings. The van der Waals surface area contributed by atoms with Crippen molar-refractivity contribution >= 4 is 6.21 Å². The van der Waals surface area contributed by atoms with Crippen LogP contribution in [0, 0.1) is 0 Å². The third-order valence-electron chi connectivity index (χ3n) is 3.30. The van der Waals surface area contributed by atoms with Gasteiger partial charge in [0.15, 0.2) is 0 Å². The van der Waals surface area contributed by atoms with Gasteiger partial charge in [-0.3, -0.25) is 4.99 Å². The lowest BCUT2D eigenvalue weighted by molar-refractivity contribution is 0.207. The summed E-state index contributed by atoms with van der Waals surface area (Å²) >= 11 is 0. The molecule has 2 unspecified atom stereocenters. The number of ether oxygens (including phenoxy) is 1. The van der Waals surface area contributed by atoms with Crippen molar-refractivity contribution in [1.82, 2.24) is 0 Å². The molecule has 3 rings (SSSR count). The number of hydrogen-bond acceptors (Lipinski definition) is 2. The zero-order chi connectivity index (χ0) is 9.81. The molecule has 0 saturated carbocycles. The molecule has 14 heavy (non-hydrogen) atoms. The third-order valence-corrected chi connectivity index (χ3v) is 3.30. The third kappa shape index (κ3) is 0.775. The number of hydrogen-bond donors (Lipinski definition) is 0. The van der Waals surface area contributed by atoms with E-state index in [1.165, 1.54) is 5.56 Å². The summed E-state index contributed by atoms with van der Waals surface area (Å²) in [6.07, 6.45) is 2.13. The van der Waals surface area contributed by atoms with E-state index in [0.29, 0.717) is 0 Å². The fraction of sp³-hybridized carbons (Fsp3) is 0.417. The first kappa shape index (κ1) is 8.18. The molecule has 0 aromatic heterocycles. The van der Waals surface area contributed by atoms with Crippen LogP contribution in [0.4, 0.5) is 0 Å². The molecule has 1 aromatic rings. The highest BCUT2D eigenvalue weighted by atomic mass is 16.6. The average molecular weight is 187 g/mol. The Labute approximate surface area is 83.6 Å². The number of rotatable bonds is 1. The molecule has 0 radical (unpaired) electrons. The van der Waals surface area contributed by atoms with E-state index in [4.69, 9.17) is 4.74 Å². The molecule has 0 bridgehead atoms. The Hall–Kier alpha value is -1.15. The molecule has 2 heteroatoms. The van der Waals surface area contributed by atoms with E-state index < -0.39 is 0 Å². The van der Waals surface area contributed by atoms with Crippen molar-refractivity contribution in [3.8, 4) is 0 Å². The Morgan fingerprint density at radius 2 is 1.93 bits per heavy atom. The summed E-state index contributed by atoms with van der Waals surface area (Å²) < 4.78 is 5.79. The molecule has 0 amide bonds. The molecule has 2 aliphatic rings. The number of benzene rings is 1. The van der Waals surface area contributed by atoms with Crippen LogP contribution in [-0.4, -0.2) is 17.9 Å². The lowest BCUT2D eigenvalue weighted by Gasteiger charge is -2.25. The SMILES string of the molecule is CC1(C)N=CC2OC21c1ccccc1. The van der Waals surface area contributed by atoms with Crippen molar-refractivity contribution < 1.29 is 4.74 Å². The van der Waals surface area contributed by atoms with E-state index in [0.717, 1.165) is 0 Å². The van der Waals surface area contributed by atoms with Crippen LogP contribution < -0.4 is 0 Å². The summed E-state index contributed by atoms with van der Waals surface area (Å²) in [5.41, 5.74) is 0.945. The highest BCUT2D eigenvalue weighted by Crippen LogP contribution is 2.57. The minimum atomic E-state index is -0.172. The van der Waals surface area contributed by atoms with Crippen molar-refractivity contribution in [2.75, 3.05) is 0 Å². The average Bonchev–Trinajstić information content (AvgIpc) is 2.87. The normalized spacial score (nSPS) is 36.9. The standard InChI is InChI=1S/C12H13NO/c1-11(2)12(10(14-12)8-13-11)9-6-4-3-5-7-9/h3-8,10H,1-2H3. The minimum absolute atomic E-state index is 0.126. The lowest BCUT2D eigenvalue weighted by Crippen LogP contribution is -2.34. The van der Waals surface area contributed by atoms with Gasteiger partial charge < -0.3 is 4.74 Å². The van der Waals surface area contributed by atoms with E-state index in [-0.39, 0.29) is 17.2 Å². The zero-order valence-corrected chi connectivity index (χ0v) is 8.40. The Balaban J connectivity index is 2.10.